The van der Waals surface area contributed by atoms with E-state index in [9.17, 15) is 14.0 Å². The molecule has 1 fully saturated rings. The minimum absolute atomic E-state index is 0. The minimum Gasteiger partial charge on any atom is -0.339 e. The van der Waals surface area contributed by atoms with Gasteiger partial charge in [-0.3, -0.25) is 9.59 Å². The number of carbonyl (C=O) groups excluding carboxylic acids is 2. The van der Waals surface area contributed by atoms with Crippen molar-refractivity contribution in [2.45, 2.75) is 12.5 Å². The summed E-state index contributed by atoms with van der Waals surface area (Å²) in [6.07, 6.45) is 0.212. The highest BCUT2D eigenvalue weighted by Gasteiger charge is 2.27. The molecule has 8 heteroatoms. The second kappa shape index (κ2) is 9.87. The summed E-state index contributed by atoms with van der Waals surface area (Å²) < 4.78 is 14.0. The van der Waals surface area contributed by atoms with Crippen LogP contribution in [0.1, 0.15) is 28.4 Å². The van der Waals surface area contributed by atoms with Gasteiger partial charge in [0, 0.05) is 43.7 Å². The first-order chi connectivity index (χ1) is 13.0. The molecular weight excluding hydrogens is 404 g/mol. The number of amides is 2. The van der Waals surface area contributed by atoms with E-state index in [4.69, 9.17) is 17.3 Å². The van der Waals surface area contributed by atoms with Gasteiger partial charge in [0.05, 0.1) is 5.56 Å². The summed E-state index contributed by atoms with van der Waals surface area (Å²) in [4.78, 5) is 28.2. The Morgan fingerprint density at radius 3 is 2.25 bits per heavy atom. The maximum atomic E-state index is 14.0. The van der Waals surface area contributed by atoms with Gasteiger partial charge in [-0.1, -0.05) is 41.9 Å². The van der Waals surface area contributed by atoms with Gasteiger partial charge in [-0.25, -0.2) is 4.39 Å². The first-order valence-corrected chi connectivity index (χ1v) is 9.16. The Balaban J connectivity index is 0.00000280. The molecule has 2 amide bonds. The normalized spacial score (nSPS) is 15.0. The standard InChI is InChI=1S/C20H21ClFN3O2.ClH/c21-15-6-7-16(17(22)12-15)20(27)25-10-8-24(9-11-25)19(26)13-18(23)14-4-2-1-3-5-14;/h1-7,12,18H,8-11,13,23H2;1H. The SMILES string of the molecule is Cl.NC(CC(=O)N1CCN(C(=O)c2ccc(Cl)cc2F)CC1)c1ccccc1. The number of nitrogens with zero attached hydrogens (tertiary/aromatic N) is 2. The van der Waals surface area contributed by atoms with Crippen molar-refractivity contribution in [1.82, 2.24) is 9.80 Å². The van der Waals surface area contributed by atoms with Crippen molar-refractivity contribution in [3.8, 4) is 0 Å². The third-order valence-electron chi connectivity index (χ3n) is 4.70. The molecule has 0 saturated carbocycles. The van der Waals surface area contributed by atoms with E-state index >= 15 is 0 Å². The van der Waals surface area contributed by atoms with Crippen LogP contribution in [0.25, 0.3) is 0 Å². The average molecular weight is 426 g/mol. The Morgan fingerprint density at radius 2 is 1.64 bits per heavy atom. The molecule has 2 N–H and O–H groups in total. The first-order valence-electron chi connectivity index (χ1n) is 8.78. The smallest absolute Gasteiger partial charge is 0.256 e. The van der Waals surface area contributed by atoms with E-state index < -0.39 is 11.7 Å². The molecule has 3 rings (SSSR count). The van der Waals surface area contributed by atoms with E-state index in [2.05, 4.69) is 0 Å². The molecule has 1 aliphatic heterocycles. The van der Waals surface area contributed by atoms with Crippen molar-refractivity contribution < 1.29 is 14.0 Å². The molecule has 0 aromatic heterocycles. The van der Waals surface area contributed by atoms with Crippen LogP contribution < -0.4 is 5.73 Å². The van der Waals surface area contributed by atoms with Crippen LogP contribution in [-0.4, -0.2) is 47.8 Å². The Labute approximate surface area is 174 Å². The van der Waals surface area contributed by atoms with Crippen LogP contribution in [0.4, 0.5) is 4.39 Å². The van der Waals surface area contributed by atoms with Crippen molar-refractivity contribution in [2.75, 3.05) is 26.2 Å². The van der Waals surface area contributed by atoms with Crippen molar-refractivity contribution in [3.05, 3.63) is 70.5 Å². The average Bonchev–Trinajstić information content (AvgIpc) is 2.68. The number of nitrogens with two attached hydrogens (primary N) is 1. The summed E-state index contributed by atoms with van der Waals surface area (Å²) in [7, 11) is 0. The second-order valence-corrected chi connectivity index (χ2v) is 6.95. The van der Waals surface area contributed by atoms with E-state index in [-0.39, 0.29) is 41.4 Å². The van der Waals surface area contributed by atoms with Gasteiger partial charge in [0.15, 0.2) is 0 Å². The van der Waals surface area contributed by atoms with Gasteiger partial charge in [0.25, 0.3) is 5.91 Å². The molecule has 0 bridgehead atoms. The van der Waals surface area contributed by atoms with Gasteiger partial charge in [0.2, 0.25) is 5.91 Å². The topological polar surface area (TPSA) is 66.6 Å². The van der Waals surface area contributed by atoms with E-state index in [0.717, 1.165) is 11.6 Å². The van der Waals surface area contributed by atoms with Gasteiger partial charge in [-0.05, 0) is 23.8 Å². The highest BCUT2D eigenvalue weighted by Crippen LogP contribution is 2.19. The molecule has 0 aliphatic carbocycles. The number of benzene rings is 2. The number of rotatable bonds is 4. The summed E-state index contributed by atoms with van der Waals surface area (Å²) in [5, 5.41) is 0.245. The Kier molecular flexibility index (Phi) is 7.80. The zero-order valence-corrected chi connectivity index (χ0v) is 16.8. The highest BCUT2D eigenvalue weighted by molar-refractivity contribution is 6.30. The molecule has 1 saturated heterocycles. The zero-order valence-electron chi connectivity index (χ0n) is 15.2. The number of hydrogen-bond acceptors (Lipinski definition) is 3. The lowest BCUT2D eigenvalue weighted by atomic mass is 10.0. The Bertz CT molecular complexity index is 827. The lowest BCUT2D eigenvalue weighted by molar-refractivity contribution is -0.133. The molecule has 0 spiro atoms. The van der Waals surface area contributed by atoms with Crippen molar-refractivity contribution >= 4 is 35.8 Å². The van der Waals surface area contributed by atoms with E-state index in [1.54, 1.807) is 9.80 Å². The summed E-state index contributed by atoms with van der Waals surface area (Å²) >= 11 is 5.73. The van der Waals surface area contributed by atoms with E-state index in [1.807, 2.05) is 30.3 Å². The molecule has 1 aliphatic rings. The lowest BCUT2D eigenvalue weighted by Gasteiger charge is -2.35. The van der Waals surface area contributed by atoms with Gasteiger partial charge >= 0.3 is 0 Å². The summed E-state index contributed by atoms with van der Waals surface area (Å²) in [5.41, 5.74) is 7.02. The van der Waals surface area contributed by atoms with Crippen LogP contribution in [0.5, 0.6) is 0 Å². The molecule has 1 heterocycles. The molecule has 1 unspecified atom stereocenters. The fraction of sp³-hybridized carbons (Fsp3) is 0.300. The largest absolute Gasteiger partial charge is 0.339 e. The Morgan fingerprint density at radius 1 is 1.04 bits per heavy atom. The van der Waals surface area contributed by atoms with Crippen LogP contribution in [0.15, 0.2) is 48.5 Å². The van der Waals surface area contributed by atoms with Crippen molar-refractivity contribution in [2.24, 2.45) is 5.73 Å². The van der Waals surface area contributed by atoms with Gasteiger partial charge in [0.1, 0.15) is 5.82 Å². The lowest BCUT2D eigenvalue weighted by Crippen LogP contribution is -2.51. The Hall–Kier alpha value is -2.15. The predicted molar refractivity (Wildman–Crippen MR) is 109 cm³/mol. The molecular formula is C20H22Cl2FN3O2. The monoisotopic (exact) mass is 425 g/mol. The van der Waals surface area contributed by atoms with E-state index in [0.29, 0.717) is 26.2 Å². The van der Waals surface area contributed by atoms with Crippen molar-refractivity contribution in [3.63, 3.8) is 0 Å². The first kappa shape index (κ1) is 22.1. The number of halogens is 3. The zero-order chi connectivity index (χ0) is 19.4. The van der Waals surface area contributed by atoms with Crippen LogP contribution in [0, 0.1) is 5.82 Å². The fourth-order valence-corrected chi connectivity index (χ4v) is 3.29. The van der Waals surface area contributed by atoms with Crippen LogP contribution in [0.2, 0.25) is 5.02 Å². The van der Waals surface area contributed by atoms with E-state index in [1.165, 1.54) is 12.1 Å². The molecule has 2 aromatic rings. The maximum Gasteiger partial charge on any atom is 0.256 e. The molecule has 5 nitrogen and oxygen atoms in total. The van der Waals surface area contributed by atoms with Crippen molar-refractivity contribution in [1.29, 1.82) is 0 Å². The minimum atomic E-state index is -0.639. The summed E-state index contributed by atoms with van der Waals surface area (Å²) in [5.74, 6) is -1.08. The molecule has 0 radical (unpaired) electrons. The molecule has 2 aromatic carbocycles. The molecule has 28 heavy (non-hydrogen) atoms. The van der Waals surface area contributed by atoms with Crippen LogP contribution in [0.3, 0.4) is 0 Å². The number of piperazine rings is 1. The maximum absolute atomic E-state index is 14.0. The van der Waals surface area contributed by atoms with Gasteiger partial charge in [-0.15, -0.1) is 12.4 Å². The number of carbonyl (C=O) groups is 2. The van der Waals surface area contributed by atoms with Crippen LogP contribution in [-0.2, 0) is 4.79 Å². The van der Waals surface area contributed by atoms with Gasteiger partial charge < -0.3 is 15.5 Å². The summed E-state index contributed by atoms with van der Waals surface area (Å²) in [6, 6.07) is 13.1. The summed E-state index contributed by atoms with van der Waals surface area (Å²) in [6.45, 7) is 1.52. The predicted octanol–water partition coefficient (Wildman–Crippen LogP) is 3.28. The quantitative estimate of drug-likeness (QED) is 0.816. The molecule has 150 valence electrons. The van der Waals surface area contributed by atoms with Crippen LogP contribution >= 0.6 is 24.0 Å². The fourth-order valence-electron chi connectivity index (χ4n) is 3.13. The highest BCUT2D eigenvalue weighted by atomic mass is 35.5. The second-order valence-electron chi connectivity index (χ2n) is 6.52. The third-order valence-corrected chi connectivity index (χ3v) is 4.94. The number of hydrogen-bond donors (Lipinski definition) is 1. The molecule has 1 atom stereocenters. The van der Waals surface area contributed by atoms with Gasteiger partial charge in [-0.2, -0.15) is 0 Å². The third kappa shape index (κ3) is 5.22.